The molecule has 1 fully saturated rings. The summed E-state index contributed by atoms with van der Waals surface area (Å²) < 4.78 is 0. The number of thiophene rings is 1. The Hall–Kier alpha value is -1.87. The number of amides is 1. The Bertz CT molecular complexity index is 674. The van der Waals surface area contributed by atoms with Crippen LogP contribution in [0.5, 0.6) is 0 Å². The van der Waals surface area contributed by atoms with Crippen LogP contribution in [0.2, 0.25) is 0 Å². The van der Waals surface area contributed by atoms with Crippen LogP contribution in [0.3, 0.4) is 0 Å². The molecule has 2 aliphatic rings. The van der Waals surface area contributed by atoms with Crippen LogP contribution in [0.1, 0.15) is 54.5 Å². The molecule has 2 atom stereocenters. The Morgan fingerprint density at radius 3 is 2.52 bits per heavy atom. The number of carboxylic acid groups (broad SMARTS) is 1. The van der Waals surface area contributed by atoms with E-state index in [9.17, 15) is 20.0 Å². The van der Waals surface area contributed by atoms with Crippen molar-refractivity contribution < 1.29 is 14.7 Å². The number of nitrogens with zero attached hydrogens (tertiary/aromatic N) is 1. The summed E-state index contributed by atoms with van der Waals surface area (Å²) in [6.07, 6.45) is 6.75. The van der Waals surface area contributed by atoms with E-state index >= 15 is 0 Å². The number of anilines is 1. The molecule has 6 heteroatoms. The summed E-state index contributed by atoms with van der Waals surface area (Å²) in [6, 6.07) is 2.21. The van der Waals surface area contributed by atoms with E-state index in [1.54, 1.807) is 0 Å². The number of carbonyl (C=O) groups is 2. The van der Waals surface area contributed by atoms with Crippen molar-refractivity contribution in [1.29, 1.82) is 5.26 Å². The predicted octanol–water partition coefficient (Wildman–Crippen LogP) is 1.99. The SMILES string of the molecule is N#Cc1c(NC(=O)[C@@H]2CCCC[C@@H]2C(=O)[O-])sc2c1CCCC2. The zero-order valence-corrected chi connectivity index (χ0v) is 13.7. The average Bonchev–Trinajstić information content (AvgIpc) is 2.91. The molecular formula is C17H19N2O3S-. The van der Waals surface area contributed by atoms with Gasteiger partial charge in [-0.1, -0.05) is 12.8 Å². The molecule has 2 aliphatic carbocycles. The fourth-order valence-corrected chi connectivity index (χ4v) is 4.95. The van der Waals surface area contributed by atoms with E-state index in [4.69, 9.17) is 0 Å². The minimum Gasteiger partial charge on any atom is -0.550 e. The minimum atomic E-state index is -1.14. The molecule has 0 saturated heterocycles. The second-order valence-electron chi connectivity index (χ2n) is 6.33. The molecule has 0 radical (unpaired) electrons. The Morgan fingerprint density at radius 2 is 1.83 bits per heavy atom. The van der Waals surface area contributed by atoms with Gasteiger partial charge in [-0.3, -0.25) is 4.79 Å². The highest BCUT2D eigenvalue weighted by atomic mass is 32.1. The second-order valence-corrected chi connectivity index (χ2v) is 7.44. The zero-order chi connectivity index (χ0) is 16.4. The first-order valence-corrected chi connectivity index (χ1v) is 9.00. The van der Waals surface area contributed by atoms with E-state index in [-0.39, 0.29) is 5.91 Å². The van der Waals surface area contributed by atoms with Crippen molar-refractivity contribution in [2.75, 3.05) is 5.32 Å². The van der Waals surface area contributed by atoms with E-state index in [0.717, 1.165) is 44.1 Å². The van der Waals surface area contributed by atoms with E-state index < -0.39 is 17.8 Å². The lowest BCUT2D eigenvalue weighted by Crippen LogP contribution is -2.42. The Morgan fingerprint density at radius 1 is 1.13 bits per heavy atom. The maximum absolute atomic E-state index is 12.6. The maximum Gasteiger partial charge on any atom is 0.228 e. The lowest BCUT2D eigenvalue weighted by Gasteiger charge is -2.31. The van der Waals surface area contributed by atoms with Crippen molar-refractivity contribution in [2.24, 2.45) is 11.8 Å². The topological polar surface area (TPSA) is 93.0 Å². The molecular weight excluding hydrogens is 312 g/mol. The highest BCUT2D eigenvalue weighted by Gasteiger charge is 2.33. The highest BCUT2D eigenvalue weighted by molar-refractivity contribution is 7.16. The monoisotopic (exact) mass is 331 g/mol. The van der Waals surface area contributed by atoms with Gasteiger partial charge in [-0.05, 0) is 44.1 Å². The number of aryl methyl sites for hydroxylation is 1. The predicted molar refractivity (Wildman–Crippen MR) is 84.8 cm³/mol. The van der Waals surface area contributed by atoms with Gasteiger partial charge in [-0.25, -0.2) is 0 Å². The molecule has 23 heavy (non-hydrogen) atoms. The molecule has 0 unspecified atom stereocenters. The number of rotatable bonds is 3. The van der Waals surface area contributed by atoms with Gasteiger partial charge in [-0.2, -0.15) is 5.26 Å². The van der Waals surface area contributed by atoms with Gasteiger partial charge in [-0.15, -0.1) is 11.3 Å². The lowest BCUT2D eigenvalue weighted by molar-refractivity contribution is -0.313. The number of hydrogen-bond acceptors (Lipinski definition) is 5. The molecule has 1 N–H and O–H groups in total. The fourth-order valence-electron chi connectivity index (χ4n) is 3.70. The molecule has 1 aromatic rings. The van der Waals surface area contributed by atoms with Crippen LogP contribution < -0.4 is 10.4 Å². The van der Waals surface area contributed by atoms with Crippen LogP contribution in [0, 0.1) is 23.2 Å². The molecule has 122 valence electrons. The molecule has 0 spiro atoms. The Labute approximate surface area is 139 Å². The normalized spacial score (nSPS) is 23.6. The summed E-state index contributed by atoms with van der Waals surface area (Å²) in [5, 5.41) is 24.1. The molecule has 1 saturated carbocycles. The van der Waals surface area contributed by atoms with E-state index in [0.29, 0.717) is 23.4 Å². The van der Waals surface area contributed by atoms with Crippen molar-refractivity contribution in [3.63, 3.8) is 0 Å². The van der Waals surface area contributed by atoms with Gasteiger partial charge in [0.05, 0.1) is 5.56 Å². The van der Waals surface area contributed by atoms with Crippen molar-refractivity contribution in [3.05, 3.63) is 16.0 Å². The molecule has 1 aromatic heterocycles. The van der Waals surface area contributed by atoms with Gasteiger partial charge in [0, 0.05) is 22.7 Å². The number of aliphatic carboxylic acids is 1. The summed E-state index contributed by atoms with van der Waals surface area (Å²) in [4.78, 5) is 25.0. The maximum atomic E-state index is 12.6. The summed E-state index contributed by atoms with van der Waals surface area (Å²) in [7, 11) is 0. The minimum absolute atomic E-state index is 0.283. The van der Waals surface area contributed by atoms with Gasteiger partial charge in [0.25, 0.3) is 0 Å². The van der Waals surface area contributed by atoms with Gasteiger partial charge in [0.15, 0.2) is 0 Å². The van der Waals surface area contributed by atoms with E-state index in [1.807, 2.05) is 0 Å². The van der Waals surface area contributed by atoms with Gasteiger partial charge < -0.3 is 15.2 Å². The van der Waals surface area contributed by atoms with E-state index in [2.05, 4.69) is 11.4 Å². The second kappa shape index (κ2) is 6.71. The average molecular weight is 331 g/mol. The summed E-state index contributed by atoms with van der Waals surface area (Å²) in [6.45, 7) is 0. The van der Waals surface area contributed by atoms with Crippen LogP contribution in [-0.4, -0.2) is 11.9 Å². The quantitative estimate of drug-likeness (QED) is 0.916. The third kappa shape index (κ3) is 3.11. The molecule has 0 aliphatic heterocycles. The molecule has 5 nitrogen and oxygen atoms in total. The van der Waals surface area contributed by atoms with Crippen LogP contribution in [0.4, 0.5) is 5.00 Å². The molecule has 1 heterocycles. The smallest absolute Gasteiger partial charge is 0.228 e. The largest absolute Gasteiger partial charge is 0.550 e. The van der Waals surface area contributed by atoms with Crippen LogP contribution in [-0.2, 0) is 22.4 Å². The molecule has 1 amide bonds. The molecule has 3 rings (SSSR count). The number of hydrogen-bond donors (Lipinski definition) is 1. The number of nitriles is 1. The first-order valence-electron chi connectivity index (χ1n) is 8.18. The third-order valence-electron chi connectivity index (χ3n) is 4.93. The van der Waals surface area contributed by atoms with Crippen LogP contribution in [0.25, 0.3) is 0 Å². The summed E-state index contributed by atoms with van der Waals surface area (Å²) in [5.74, 6) is -2.70. The van der Waals surface area contributed by atoms with Crippen molar-refractivity contribution in [2.45, 2.75) is 51.4 Å². The van der Waals surface area contributed by atoms with Gasteiger partial charge in [0.2, 0.25) is 5.91 Å². The Balaban J connectivity index is 1.81. The van der Waals surface area contributed by atoms with Crippen molar-refractivity contribution in [1.82, 2.24) is 0 Å². The molecule has 0 bridgehead atoms. The fraction of sp³-hybridized carbons (Fsp3) is 0.588. The number of fused-ring (bicyclic) bond motifs is 1. The summed E-state index contributed by atoms with van der Waals surface area (Å²) in [5.41, 5.74) is 1.64. The van der Waals surface area contributed by atoms with Crippen molar-refractivity contribution >= 4 is 28.2 Å². The highest BCUT2D eigenvalue weighted by Crippen LogP contribution is 2.38. The first-order chi connectivity index (χ1) is 11.1. The standard InChI is InChI=1S/C17H20N2O3S/c18-9-13-10-5-3-4-8-14(10)23-16(13)19-15(20)11-6-1-2-7-12(11)17(21)22/h11-12H,1-8H2,(H,19,20)(H,21,22)/p-1/t11-,12+/m1/s1. The zero-order valence-electron chi connectivity index (χ0n) is 12.9. The van der Waals surface area contributed by atoms with Gasteiger partial charge in [0.1, 0.15) is 11.1 Å². The number of carbonyl (C=O) groups excluding carboxylic acids is 2. The van der Waals surface area contributed by atoms with Crippen LogP contribution >= 0.6 is 11.3 Å². The first kappa shape index (κ1) is 16.0. The summed E-state index contributed by atoms with van der Waals surface area (Å²) >= 11 is 1.47. The Kier molecular flexibility index (Phi) is 4.67. The lowest BCUT2D eigenvalue weighted by atomic mass is 9.78. The number of carboxylic acids is 1. The van der Waals surface area contributed by atoms with Crippen LogP contribution in [0.15, 0.2) is 0 Å². The van der Waals surface area contributed by atoms with E-state index in [1.165, 1.54) is 16.2 Å². The van der Waals surface area contributed by atoms with Gasteiger partial charge >= 0.3 is 0 Å². The van der Waals surface area contributed by atoms with Crippen molar-refractivity contribution in [3.8, 4) is 6.07 Å². The third-order valence-corrected chi connectivity index (χ3v) is 6.13. The number of nitrogens with one attached hydrogen (secondary N) is 1. The molecule has 0 aromatic carbocycles.